The van der Waals surface area contributed by atoms with Crippen LogP contribution in [0.4, 0.5) is 5.69 Å². The summed E-state index contributed by atoms with van der Waals surface area (Å²) in [7, 11) is 0. The lowest BCUT2D eigenvalue weighted by atomic mass is 9.93. The monoisotopic (exact) mass is 313 g/mol. The number of carboxylic acids is 1. The SMILES string of the molecule is CCC1C(C(=O)O)c2cc(O)ccc2N1Cc1cccc(O)c1. The van der Waals surface area contributed by atoms with Gasteiger partial charge in [0.1, 0.15) is 17.4 Å². The molecule has 0 spiro atoms. The summed E-state index contributed by atoms with van der Waals surface area (Å²) in [6, 6.07) is 11.7. The van der Waals surface area contributed by atoms with E-state index in [4.69, 9.17) is 0 Å². The molecule has 2 aromatic rings. The Bertz CT molecular complexity index is 744. The van der Waals surface area contributed by atoms with Gasteiger partial charge in [-0.05, 0) is 47.9 Å². The second-order valence-corrected chi connectivity index (χ2v) is 5.83. The van der Waals surface area contributed by atoms with Crippen molar-refractivity contribution in [3.05, 3.63) is 53.6 Å². The van der Waals surface area contributed by atoms with Crippen molar-refractivity contribution in [3.63, 3.8) is 0 Å². The molecular weight excluding hydrogens is 294 g/mol. The van der Waals surface area contributed by atoms with Crippen LogP contribution in [0.5, 0.6) is 11.5 Å². The van der Waals surface area contributed by atoms with Gasteiger partial charge in [0.2, 0.25) is 0 Å². The minimum atomic E-state index is -0.887. The molecule has 0 fully saturated rings. The number of aromatic hydroxyl groups is 2. The zero-order valence-electron chi connectivity index (χ0n) is 12.8. The zero-order chi connectivity index (χ0) is 16.6. The van der Waals surface area contributed by atoms with Gasteiger partial charge in [0.05, 0.1) is 0 Å². The number of phenolic OH excluding ortho intramolecular Hbond substituents is 2. The Hall–Kier alpha value is -2.69. The van der Waals surface area contributed by atoms with Crippen molar-refractivity contribution in [2.75, 3.05) is 4.90 Å². The lowest BCUT2D eigenvalue weighted by molar-refractivity contribution is -0.139. The summed E-state index contributed by atoms with van der Waals surface area (Å²) in [6.07, 6.45) is 0.672. The first-order chi connectivity index (χ1) is 11.0. The fourth-order valence-electron chi connectivity index (χ4n) is 3.43. The van der Waals surface area contributed by atoms with E-state index in [1.165, 1.54) is 0 Å². The van der Waals surface area contributed by atoms with Crippen molar-refractivity contribution in [2.45, 2.75) is 31.8 Å². The Morgan fingerprint density at radius 1 is 1.13 bits per heavy atom. The number of phenols is 2. The lowest BCUT2D eigenvalue weighted by Gasteiger charge is -2.28. The molecule has 3 rings (SSSR count). The molecule has 0 aromatic heterocycles. The number of nitrogens with zero attached hydrogens (tertiary/aromatic N) is 1. The van der Waals surface area contributed by atoms with Crippen molar-refractivity contribution in [2.24, 2.45) is 0 Å². The van der Waals surface area contributed by atoms with Crippen LogP contribution >= 0.6 is 0 Å². The van der Waals surface area contributed by atoms with E-state index in [1.807, 2.05) is 17.9 Å². The quantitative estimate of drug-likeness (QED) is 0.808. The van der Waals surface area contributed by atoms with E-state index in [-0.39, 0.29) is 17.5 Å². The van der Waals surface area contributed by atoms with E-state index in [0.29, 0.717) is 18.5 Å². The second kappa shape index (κ2) is 5.83. The molecule has 0 amide bonds. The summed E-state index contributed by atoms with van der Waals surface area (Å²) < 4.78 is 0. The van der Waals surface area contributed by atoms with Gasteiger partial charge >= 0.3 is 5.97 Å². The molecule has 2 atom stereocenters. The van der Waals surface area contributed by atoms with E-state index in [0.717, 1.165) is 11.3 Å². The van der Waals surface area contributed by atoms with E-state index in [1.54, 1.807) is 36.4 Å². The number of anilines is 1. The summed E-state index contributed by atoms with van der Waals surface area (Å²) in [5, 5.41) is 29.0. The molecule has 0 radical (unpaired) electrons. The van der Waals surface area contributed by atoms with Crippen molar-refractivity contribution < 1.29 is 20.1 Å². The van der Waals surface area contributed by atoms with Gasteiger partial charge in [0, 0.05) is 18.3 Å². The van der Waals surface area contributed by atoms with Gasteiger partial charge < -0.3 is 20.2 Å². The maximum atomic E-state index is 11.7. The average molecular weight is 313 g/mol. The number of carboxylic acid groups (broad SMARTS) is 1. The van der Waals surface area contributed by atoms with Crippen LogP contribution in [0.2, 0.25) is 0 Å². The van der Waals surface area contributed by atoms with Crippen molar-refractivity contribution in [3.8, 4) is 11.5 Å². The number of aliphatic carboxylic acids is 1. The first-order valence-corrected chi connectivity index (χ1v) is 7.61. The predicted molar refractivity (Wildman–Crippen MR) is 86.9 cm³/mol. The third kappa shape index (κ3) is 2.70. The molecule has 0 aliphatic carbocycles. The largest absolute Gasteiger partial charge is 0.508 e. The van der Waals surface area contributed by atoms with Crippen LogP contribution in [0.25, 0.3) is 0 Å². The molecule has 1 heterocycles. The van der Waals surface area contributed by atoms with Crippen molar-refractivity contribution >= 4 is 11.7 Å². The van der Waals surface area contributed by atoms with E-state index < -0.39 is 11.9 Å². The van der Waals surface area contributed by atoms with Gasteiger partial charge in [-0.25, -0.2) is 0 Å². The van der Waals surface area contributed by atoms with Crippen LogP contribution < -0.4 is 4.90 Å². The molecule has 2 aromatic carbocycles. The molecule has 1 aliphatic heterocycles. The predicted octanol–water partition coefficient (Wildman–Crippen LogP) is 3.06. The second-order valence-electron chi connectivity index (χ2n) is 5.83. The first-order valence-electron chi connectivity index (χ1n) is 7.61. The van der Waals surface area contributed by atoms with E-state index in [9.17, 15) is 20.1 Å². The highest BCUT2D eigenvalue weighted by Gasteiger charge is 2.41. The molecule has 0 saturated heterocycles. The minimum absolute atomic E-state index is 0.0732. The summed E-state index contributed by atoms with van der Waals surface area (Å²) >= 11 is 0. The number of rotatable bonds is 4. The maximum Gasteiger partial charge on any atom is 0.313 e. The summed E-state index contributed by atoms with van der Waals surface area (Å²) in [4.78, 5) is 13.8. The fourth-order valence-corrected chi connectivity index (χ4v) is 3.43. The van der Waals surface area contributed by atoms with E-state index in [2.05, 4.69) is 0 Å². The van der Waals surface area contributed by atoms with Crippen molar-refractivity contribution in [1.82, 2.24) is 0 Å². The maximum absolute atomic E-state index is 11.7. The standard InChI is InChI=1S/C18H19NO4/c1-2-15-17(18(22)23)14-9-13(21)6-7-16(14)19(15)10-11-4-3-5-12(20)8-11/h3-9,15,17,20-21H,2,10H2,1H3,(H,22,23). The zero-order valence-corrected chi connectivity index (χ0v) is 12.8. The Morgan fingerprint density at radius 2 is 1.87 bits per heavy atom. The molecule has 120 valence electrons. The lowest BCUT2D eigenvalue weighted by Crippen LogP contribution is -2.35. The van der Waals surface area contributed by atoms with Crippen LogP contribution in [0.15, 0.2) is 42.5 Å². The summed E-state index contributed by atoms with van der Waals surface area (Å²) in [6.45, 7) is 2.47. The molecule has 2 unspecified atom stereocenters. The average Bonchev–Trinajstić information content (AvgIpc) is 2.80. The topological polar surface area (TPSA) is 81.0 Å². The number of hydrogen-bond donors (Lipinski definition) is 3. The van der Waals surface area contributed by atoms with Crippen LogP contribution in [-0.4, -0.2) is 27.3 Å². The highest BCUT2D eigenvalue weighted by molar-refractivity contribution is 5.84. The Morgan fingerprint density at radius 3 is 2.52 bits per heavy atom. The molecule has 0 saturated carbocycles. The Balaban J connectivity index is 2.03. The van der Waals surface area contributed by atoms with Crippen LogP contribution in [-0.2, 0) is 11.3 Å². The molecule has 5 nitrogen and oxygen atoms in total. The number of carbonyl (C=O) groups is 1. The van der Waals surface area contributed by atoms with Crippen LogP contribution in [0, 0.1) is 0 Å². The van der Waals surface area contributed by atoms with Gasteiger partial charge in [-0.15, -0.1) is 0 Å². The molecule has 0 bridgehead atoms. The number of benzene rings is 2. The number of fused-ring (bicyclic) bond motifs is 1. The third-order valence-electron chi connectivity index (χ3n) is 4.39. The first kappa shape index (κ1) is 15.2. The fraction of sp³-hybridized carbons (Fsp3) is 0.278. The van der Waals surface area contributed by atoms with Crippen LogP contribution in [0.3, 0.4) is 0 Å². The highest BCUT2D eigenvalue weighted by Crippen LogP contribution is 2.44. The molecule has 3 N–H and O–H groups in total. The van der Waals surface area contributed by atoms with Crippen molar-refractivity contribution in [1.29, 1.82) is 0 Å². The molecule has 1 aliphatic rings. The third-order valence-corrected chi connectivity index (χ3v) is 4.39. The van der Waals surface area contributed by atoms with Gasteiger partial charge in [-0.2, -0.15) is 0 Å². The van der Waals surface area contributed by atoms with Gasteiger partial charge in [-0.3, -0.25) is 4.79 Å². The Kier molecular flexibility index (Phi) is 3.86. The van der Waals surface area contributed by atoms with Gasteiger partial charge in [-0.1, -0.05) is 19.1 Å². The molecule has 23 heavy (non-hydrogen) atoms. The smallest absolute Gasteiger partial charge is 0.313 e. The van der Waals surface area contributed by atoms with E-state index >= 15 is 0 Å². The summed E-state index contributed by atoms with van der Waals surface area (Å²) in [5.74, 6) is -1.29. The molecule has 5 heteroatoms. The normalized spacial score (nSPS) is 19.6. The number of hydrogen-bond acceptors (Lipinski definition) is 4. The van der Waals surface area contributed by atoms with Gasteiger partial charge in [0.15, 0.2) is 0 Å². The minimum Gasteiger partial charge on any atom is -0.508 e. The Labute approximate surface area is 134 Å². The van der Waals surface area contributed by atoms with Gasteiger partial charge in [0.25, 0.3) is 0 Å². The van der Waals surface area contributed by atoms with Crippen LogP contribution in [0.1, 0.15) is 30.4 Å². The molecular formula is C18H19NO4. The highest BCUT2D eigenvalue weighted by atomic mass is 16.4. The summed E-state index contributed by atoms with van der Waals surface area (Å²) in [5.41, 5.74) is 2.38.